The fraction of sp³-hybridized carbons (Fsp3) is 0.421. The second-order valence-corrected chi connectivity index (χ2v) is 8.05. The van der Waals surface area contributed by atoms with Gasteiger partial charge in [-0.2, -0.15) is 18.3 Å². The number of amides is 2. The third-order valence-electron chi connectivity index (χ3n) is 4.33. The molecule has 0 fully saturated rings. The van der Waals surface area contributed by atoms with Gasteiger partial charge < -0.3 is 10.6 Å². The highest BCUT2D eigenvalue weighted by molar-refractivity contribution is 7.11. The van der Waals surface area contributed by atoms with E-state index in [0.29, 0.717) is 21.8 Å². The first-order valence-corrected chi connectivity index (χ1v) is 10.4. The Morgan fingerprint density at radius 1 is 1.23 bits per heavy atom. The van der Waals surface area contributed by atoms with Crippen LogP contribution in [0, 0.1) is 0 Å². The summed E-state index contributed by atoms with van der Waals surface area (Å²) in [5.74, 6) is -0.773. The predicted molar refractivity (Wildman–Crippen MR) is 107 cm³/mol. The monoisotopic (exact) mass is 454 g/mol. The molecule has 8 nitrogen and oxygen atoms in total. The van der Waals surface area contributed by atoms with Crippen molar-refractivity contribution < 1.29 is 22.8 Å². The molecular weight excluding hydrogens is 433 g/mol. The fourth-order valence-electron chi connectivity index (χ4n) is 2.78. The summed E-state index contributed by atoms with van der Waals surface area (Å²) in [4.78, 5) is 33.2. The molecule has 0 bridgehead atoms. The molecule has 166 valence electrons. The number of hydrogen-bond donors (Lipinski definition) is 2. The Morgan fingerprint density at radius 2 is 2.00 bits per heavy atom. The van der Waals surface area contributed by atoms with Crippen LogP contribution in [0.5, 0.6) is 0 Å². The van der Waals surface area contributed by atoms with Gasteiger partial charge in [0.15, 0.2) is 5.65 Å². The summed E-state index contributed by atoms with van der Waals surface area (Å²) in [5, 5.41) is 9.43. The minimum atomic E-state index is -4.37. The molecule has 12 heteroatoms. The Hall–Kier alpha value is -3.02. The molecule has 0 aliphatic rings. The van der Waals surface area contributed by atoms with Gasteiger partial charge in [0.05, 0.1) is 42.3 Å². The molecule has 3 rings (SSSR count). The standard InChI is InChI=1S/C19H21F3N6O2S/c1-11(2)16-17(31-10-25-16)18(30)24-8-13-9-28-14(27-13)5-12(7-26-28)6-23-15(29)3-4-19(20,21)22/h5,7,9-11H,3-4,6,8H2,1-2H3,(H,23,29)(H,24,30). The highest BCUT2D eigenvalue weighted by Gasteiger charge is 2.27. The van der Waals surface area contributed by atoms with Crippen LogP contribution in [0.2, 0.25) is 0 Å². The SMILES string of the molecule is CC(C)c1ncsc1C(=O)NCc1cn2ncc(CNC(=O)CCC(F)(F)F)cc2n1. The maximum atomic E-state index is 12.4. The first kappa shape index (κ1) is 22.7. The molecule has 0 aliphatic carbocycles. The molecule has 0 unspecified atom stereocenters. The largest absolute Gasteiger partial charge is 0.389 e. The molecule has 2 amide bonds. The Labute approximate surface area is 179 Å². The van der Waals surface area contributed by atoms with Crippen molar-refractivity contribution in [2.24, 2.45) is 0 Å². The van der Waals surface area contributed by atoms with Crippen molar-refractivity contribution in [2.45, 2.75) is 51.9 Å². The van der Waals surface area contributed by atoms with Gasteiger partial charge in [-0.25, -0.2) is 14.5 Å². The molecule has 2 N–H and O–H groups in total. The zero-order chi connectivity index (χ0) is 22.6. The van der Waals surface area contributed by atoms with Crippen LogP contribution < -0.4 is 10.6 Å². The van der Waals surface area contributed by atoms with Crippen LogP contribution >= 0.6 is 11.3 Å². The molecular formula is C19H21F3N6O2S. The number of carbonyl (C=O) groups excluding carboxylic acids is 2. The minimum absolute atomic E-state index is 0.0441. The van der Waals surface area contributed by atoms with E-state index in [0.717, 1.165) is 5.69 Å². The van der Waals surface area contributed by atoms with E-state index >= 15 is 0 Å². The van der Waals surface area contributed by atoms with Crippen LogP contribution in [0.25, 0.3) is 5.65 Å². The lowest BCUT2D eigenvalue weighted by Gasteiger charge is -2.07. The van der Waals surface area contributed by atoms with E-state index in [1.54, 1.807) is 17.8 Å². The van der Waals surface area contributed by atoms with Gasteiger partial charge in [-0.05, 0) is 17.5 Å². The van der Waals surface area contributed by atoms with Crippen molar-refractivity contribution in [3.8, 4) is 0 Å². The number of halogens is 3. The van der Waals surface area contributed by atoms with Crippen molar-refractivity contribution in [3.63, 3.8) is 0 Å². The summed E-state index contributed by atoms with van der Waals surface area (Å²) in [6.45, 7) is 4.18. The highest BCUT2D eigenvalue weighted by atomic mass is 32.1. The molecule has 31 heavy (non-hydrogen) atoms. The summed E-state index contributed by atoms with van der Waals surface area (Å²) >= 11 is 1.28. The second kappa shape index (κ2) is 9.41. The van der Waals surface area contributed by atoms with Gasteiger partial charge in [-0.15, -0.1) is 11.3 Å². The zero-order valence-electron chi connectivity index (χ0n) is 16.9. The molecule has 0 aromatic carbocycles. The Morgan fingerprint density at radius 3 is 2.71 bits per heavy atom. The van der Waals surface area contributed by atoms with Crippen molar-refractivity contribution in [2.75, 3.05) is 0 Å². The third kappa shape index (κ3) is 6.23. The first-order valence-electron chi connectivity index (χ1n) is 9.50. The first-order chi connectivity index (χ1) is 14.6. The molecule has 3 heterocycles. The van der Waals surface area contributed by atoms with E-state index < -0.39 is 24.9 Å². The lowest BCUT2D eigenvalue weighted by molar-refractivity contribution is -0.144. The predicted octanol–water partition coefficient (Wildman–Crippen LogP) is 3.20. The van der Waals surface area contributed by atoms with Gasteiger partial charge in [0.25, 0.3) is 5.91 Å². The third-order valence-corrected chi connectivity index (χ3v) is 5.17. The van der Waals surface area contributed by atoms with Crippen LogP contribution in [0.15, 0.2) is 24.0 Å². The Balaban J connectivity index is 1.57. The molecule has 0 radical (unpaired) electrons. The average Bonchev–Trinajstić information content (AvgIpc) is 3.34. The van der Waals surface area contributed by atoms with Gasteiger partial charge >= 0.3 is 6.18 Å². The van der Waals surface area contributed by atoms with E-state index in [9.17, 15) is 22.8 Å². The average molecular weight is 454 g/mol. The second-order valence-electron chi connectivity index (χ2n) is 7.19. The van der Waals surface area contributed by atoms with Crippen LogP contribution in [0.4, 0.5) is 13.2 Å². The van der Waals surface area contributed by atoms with Crippen LogP contribution in [-0.2, 0) is 17.9 Å². The topological polar surface area (TPSA) is 101 Å². The van der Waals surface area contributed by atoms with Gasteiger partial charge in [0.1, 0.15) is 4.88 Å². The number of hydrogen-bond acceptors (Lipinski definition) is 6. The number of alkyl halides is 3. The fourth-order valence-corrected chi connectivity index (χ4v) is 3.64. The number of imidazole rings is 1. The summed E-state index contributed by atoms with van der Waals surface area (Å²) in [7, 11) is 0. The number of fused-ring (bicyclic) bond motifs is 1. The van der Waals surface area contributed by atoms with Crippen LogP contribution in [0.1, 0.15) is 59.2 Å². The van der Waals surface area contributed by atoms with E-state index in [1.807, 2.05) is 13.8 Å². The quantitative estimate of drug-likeness (QED) is 0.544. The number of carbonyl (C=O) groups is 2. The van der Waals surface area contributed by atoms with Crippen molar-refractivity contribution in [3.05, 3.63) is 45.8 Å². The van der Waals surface area contributed by atoms with E-state index in [1.165, 1.54) is 22.0 Å². The zero-order valence-corrected chi connectivity index (χ0v) is 17.7. The van der Waals surface area contributed by atoms with Crippen molar-refractivity contribution in [1.82, 2.24) is 30.2 Å². The molecule has 3 aromatic heterocycles. The molecule has 0 saturated heterocycles. The van der Waals surface area contributed by atoms with Gasteiger partial charge in [-0.3, -0.25) is 9.59 Å². The number of rotatable bonds is 8. The highest BCUT2D eigenvalue weighted by Crippen LogP contribution is 2.22. The van der Waals surface area contributed by atoms with Crippen LogP contribution in [-0.4, -0.2) is 37.6 Å². The van der Waals surface area contributed by atoms with Crippen LogP contribution in [0.3, 0.4) is 0 Å². The molecule has 0 spiro atoms. The van der Waals surface area contributed by atoms with Gasteiger partial charge in [0.2, 0.25) is 5.91 Å². The number of nitrogens with zero attached hydrogens (tertiary/aromatic N) is 4. The van der Waals surface area contributed by atoms with E-state index in [4.69, 9.17) is 0 Å². The molecule has 0 atom stereocenters. The summed E-state index contributed by atoms with van der Waals surface area (Å²) in [5.41, 5.74) is 4.07. The number of aromatic nitrogens is 4. The number of nitrogens with one attached hydrogen (secondary N) is 2. The van der Waals surface area contributed by atoms with Crippen molar-refractivity contribution >= 4 is 28.8 Å². The molecule has 3 aromatic rings. The van der Waals surface area contributed by atoms with Crippen molar-refractivity contribution in [1.29, 1.82) is 0 Å². The lowest BCUT2D eigenvalue weighted by atomic mass is 10.1. The summed E-state index contributed by atoms with van der Waals surface area (Å²) in [6.07, 6.45) is -2.99. The lowest BCUT2D eigenvalue weighted by Crippen LogP contribution is -2.24. The number of thiazole rings is 1. The van der Waals surface area contributed by atoms with E-state index in [-0.39, 0.29) is 24.9 Å². The maximum Gasteiger partial charge on any atom is 0.389 e. The Kier molecular flexibility index (Phi) is 6.88. The van der Waals surface area contributed by atoms with Gasteiger partial charge in [0, 0.05) is 13.0 Å². The molecule has 0 aliphatic heterocycles. The minimum Gasteiger partial charge on any atom is -0.352 e. The maximum absolute atomic E-state index is 12.4. The van der Waals surface area contributed by atoms with Gasteiger partial charge in [-0.1, -0.05) is 13.8 Å². The normalized spacial score (nSPS) is 11.8. The molecule has 0 saturated carbocycles. The Bertz CT molecular complexity index is 1080. The summed E-state index contributed by atoms with van der Waals surface area (Å²) in [6, 6.07) is 1.67. The summed E-state index contributed by atoms with van der Waals surface area (Å²) < 4.78 is 38.0. The van der Waals surface area contributed by atoms with E-state index in [2.05, 4.69) is 25.7 Å². The smallest absolute Gasteiger partial charge is 0.352 e.